The van der Waals surface area contributed by atoms with Gasteiger partial charge in [-0.2, -0.15) is 0 Å². The van der Waals surface area contributed by atoms with Crippen LogP contribution < -0.4 is 26.2 Å². The molecular weight excluding hydrogens is 657 g/mol. The van der Waals surface area contributed by atoms with Crippen molar-refractivity contribution in [3.05, 3.63) is 193 Å². The lowest BCUT2D eigenvalue weighted by molar-refractivity contribution is 0.962. The second-order valence-electron chi connectivity index (χ2n) is 14.2. The van der Waals surface area contributed by atoms with E-state index in [4.69, 9.17) is 9.97 Å². The van der Waals surface area contributed by atoms with Crippen LogP contribution >= 0.6 is 0 Å². The van der Waals surface area contributed by atoms with Crippen molar-refractivity contribution in [1.82, 2.24) is 14.5 Å². The molecule has 0 saturated carbocycles. The Labute approximate surface area is 314 Å². The highest BCUT2D eigenvalue weighted by atomic mass is 15.2. The highest BCUT2D eigenvalue weighted by molar-refractivity contribution is 7.00. The maximum atomic E-state index is 4.87. The number of hydrogen-bond donors (Lipinski definition) is 0. The first-order valence-electron chi connectivity index (χ1n) is 18.6. The predicted molar refractivity (Wildman–Crippen MR) is 224 cm³/mol. The molecule has 54 heavy (non-hydrogen) atoms. The molecule has 2 aliphatic rings. The highest BCUT2D eigenvalue weighted by Crippen LogP contribution is 2.42. The van der Waals surface area contributed by atoms with E-state index < -0.39 is 0 Å². The van der Waals surface area contributed by atoms with Gasteiger partial charge in [-0.05, 0) is 93.7 Å². The van der Waals surface area contributed by atoms with Gasteiger partial charge < -0.3 is 9.80 Å². The Hall–Kier alpha value is -6.92. The highest BCUT2D eigenvalue weighted by Gasteiger charge is 2.43. The zero-order valence-electron chi connectivity index (χ0n) is 29.5. The zero-order valence-corrected chi connectivity index (χ0v) is 29.5. The predicted octanol–water partition coefficient (Wildman–Crippen LogP) is 9.06. The molecule has 5 nitrogen and oxygen atoms in total. The molecule has 0 spiro atoms. The average molecular weight is 692 g/mol. The Morgan fingerprint density at radius 2 is 1.09 bits per heavy atom. The van der Waals surface area contributed by atoms with E-state index in [1.807, 2.05) is 24.5 Å². The number of rotatable bonds is 6. The third kappa shape index (κ3) is 4.80. The first kappa shape index (κ1) is 30.7. The second-order valence-corrected chi connectivity index (χ2v) is 14.2. The number of hydrogen-bond acceptors (Lipinski definition) is 4. The van der Waals surface area contributed by atoms with E-state index in [2.05, 4.69) is 172 Å². The number of nitrogens with zero attached hydrogens (tertiary/aromatic N) is 5. The minimum Gasteiger partial charge on any atom is -0.338 e. The van der Waals surface area contributed by atoms with Crippen LogP contribution in [0.3, 0.4) is 0 Å². The lowest BCUT2D eigenvalue weighted by Gasteiger charge is -2.44. The number of benzene rings is 6. The summed E-state index contributed by atoms with van der Waals surface area (Å²) < 4.78 is 2.34. The van der Waals surface area contributed by atoms with Crippen molar-refractivity contribution in [2.24, 2.45) is 0 Å². The van der Waals surface area contributed by atoms with Crippen LogP contribution in [0.25, 0.3) is 38.9 Å². The van der Waals surface area contributed by atoms with Crippen LogP contribution in [0.2, 0.25) is 0 Å². The fourth-order valence-electron chi connectivity index (χ4n) is 8.86. The van der Waals surface area contributed by atoms with Crippen molar-refractivity contribution < 1.29 is 0 Å². The Morgan fingerprint density at radius 1 is 0.444 bits per heavy atom. The molecule has 0 aliphatic carbocycles. The summed E-state index contributed by atoms with van der Waals surface area (Å²) in [6, 6.07) is 61.5. The summed E-state index contributed by atoms with van der Waals surface area (Å²) in [4.78, 5) is 14.7. The van der Waals surface area contributed by atoms with Crippen LogP contribution in [0.5, 0.6) is 0 Å². The largest absolute Gasteiger partial charge is 0.338 e. The fraction of sp³-hybridized carbons (Fsp3) is 0.0417. The molecule has 0 amide bonds. The van der Waals surface area contributed by atoms with Crippen molar-refractivity contribution in [1.29, 1.82) is 0 Å². The molecule has 6 heteroatoms. The van der Waals surface area contributed by atoms with Crippen LogP contribution in [0, 0.1) is 0 Å². The molecule has 0 radical (unpaired) electrons. The van der Waals surface area contributed by atoms with Gasteiger partial charge in [0.2, 0.25) is 0 Å². The normalized spacial score (nSPS) is 12.9. The van der Waals surface area contributed by atoms with Crippen molar-refractivity contribution in [3.8, 4) is 17.1 Å². The fourth-order valence-corrected chi connectivity index (χ4v) is 8.86. The van der Waals surface area contributed by atoms with Gasteiger partial charge in [0.25, 0.3) is 6.71 Å². The maximum absolute atomic E-state index is 4.87. The first-order valence-corrected chi connectivity index (χ1v) is 18.6. The van der Waals surface area contributed by atoms with Gasteiger partial charge in [-0.15, -0.1) is 0 Å². The lowest BCUT2D eigenvalue weighted by Crippen LogP contribution is -2.62. The monoisotopic (exact) mass is 691 g/mol. The van der Waals surface area contributed by atoms with Crippen molar-refractivity contribution >= 4 is 67.7 Å². The quantitative estimate of drug-likeness (QED) is 0.163. The molecule has 2 aliphatic heterocycles. The maximum Gasteiger partial charge on any atom is 0.252 e. The molecule has 0 N–H and O–H groups in total. The van der Waals surface area contributed by atoms with E-state index >= 15 is 0 Å². The number of aromatic nitrogens is 3. The summed E-state index contributed by atoms with van der Waals surface area (Å²) in [5.74, 6) is 0.914. The van der Waals surface area contributed by atoms with Gasteiger partial charge in [0, 0.05) is 59.0 Å². The summed E-state index contributed by atoms with van der Waals surface area (Å²) in [7, 11) is 0. The van der Waals surface area contributed by atoms with Crippen molar-refractivity contribution in [2.75, 3.05) is 9.80 Å². The minimum absolute atomic E-state index is 0.0106. The van der Waals surface area contributed by atoms with Crippen LogP contribution in [-0.4, -0.2) is 21.2 Å². The van der Waals surface area contributed by atoms with E-state index in [9.17, 15) is 0 Å². The third-order valence-corrected chi connectivity index (χ3v) is 11.2. The Bertz CT molecular complexity index is 2840. The van der Waals surface area contributed by atoms with Crippen molar-refractivity contribution in [2.45, 2.75) is 13.1 Å². The van der Waals surface area contributed by atoms with Gasteiger partial charge in [0.05, 0.1) is 16.7 Å². The van der Waals surface area contributed by atoms with E-state index in [1.165, 1.54) is 61.0 Å². The number of para-hydroxylation sites is 1. The van der Waals surface area contributed by atoms with E-state index in [0.29, 0.717) is 0 Å². The van der Waals surface area contributed by atoms with Crippen molar-refractivity contribution in [3.63, 3.8) is 0 Å². The molecular formula is C48H34BN5. The molecule has 5 heterocycles. The smallest absolute Gasteiger partial charge is 0.252 e. The number of anilines is 4. The van der Waals surface area contributed by atoms with Crippen LogP contribution in [0.4, 0.5) is 22.7 Å². The Morgan fingerprint density at radius 3 is 1.80 bits per heavy atom. The molecule has 9 aromatic rings. The van der Waals surface area contributed by atoms with Gasteiger partial charge in [0.1, 0.15) is 5.82 Å². The number of pyridine rings is 2. The minimum atomic E-state index is -0.0106. The SMILES string of the molecule is c1ccc(CN2c3ccc(-c4ccccn4)cc3B3c4cc5c(cc4N(Cc4ccccc4)c4cccc2c43)c2ccccc2n5-c2ccccn2)cc1. The van der Waals surface area contributed by atoms with Crippen LogP contribution in [-0.2, 0) is 13.1 Å². The molecule has 0 bridgehead atoms. The van der Waals surface area contributed by atoms with Crippen LogP contribution in [0.1, 0.15) is 11.1 Å². The van der Waals surface area contributed by atoms with Crippen LogP contribution in [0.15, 0.2) is 182 Å². The molecule has 0 atom stereocenters. The molecule has 0 fully saturated rings. The zero-order chi connectivity index (χ0) is 35.6. The summed E-state index contributed by atoms with van der Waals surface area (Å²) in [6.07, 6.45) is 3.77. The average Bonchev–Trinajstić information content (AvgIpc) is 3.56. The molecule has 11 rings (SSSR count). The topological polar surface area (TPSA) is 37.2 Å². The summed E-state index contributed by atoms with van der Waals surface area (Å²) in [5, 5.41) is 2.44. The van der Waals surface area contributed by atoms with Gasteiger partial charge in [-0.1, -0.05) is 109 Å². The van der Waals surface area contributed by atoms with E-state index in [0.717, 1.165) is 41.2 Å². The summed E-state index contributed by atoms with van der Waals surface area (Å²) in [6.45, 7) is 1.50. The standard InChI is InChI=1S/C48H34BN5/c1-3-14-33(15-4-1)31-52-42-25-24-35(40-19-9-11-26-50-40)28-38(42)49-39-30-45-37(36-18-7-8-20-41(36)54(45)47-23-10-12-27-51-47)29-46(39)53(32-34-16-5-2-6-17-34)44-22-13-21-43(52)48(44)49/h1-30H,31-32H2. The molecule has 6 aromatic carbocycles. The van der Waals surface area contributed by atoms with Gasteiger partial charge in [-0.25, -0.2) is 4.98 Å². The Balaban J connectivity index is 1.23. The molecule has 3 aromatic heterocycles. The Kier molecular flexibility index (Phi) is 7.02. The molecule has 0 unspecified atom stereocenters. The number of fused-ring (bicyclic) bond motifs is 7. The van der Waals surface area contributed by atoms with Gasteiger partial charge in [-0.3, -0.25) is 9.55 Å². The molecule has 254 valence electrons. The third-order valence-electron chi connectivity index (χ3n) is 11.2. The van der Waals surface area contributed by atoms with Gasteiger partial charge in [0.15, 0.2) is 0 Å². The molecule has 0 saturated heterocycles. The van der Waals surface area contributed by atoms with E-state index in [-0.39, 0.29) is 6.71 Å². The summed E-state index contributed by atoms with van der Waals surface area (Å²) in [5.41, 5.74) is 15.8. The van der Waals surface area contributed by atoms with Gasteiger partial charge >= 0.3 is 0 Å². The second kappa shape index (κ2) is 12.4. The lowest BCUT2D eigenvalue weighted by atomic mass is 9.33. The first-order chi connectivity index (χ1) is 26.8. The van der Waals surface area contributed by atoms with E-state index in [1.54, 1.807) is 0 Å². The summed E-state index contributed by atoms with van der Waals surface area (Å²) >= 11 is 0.